The van der Waals surface area contributed by atoms with Gasteiger partial charge >= 0.3 is 5.97 Å². The molecule has 0 spiro atoms. The van der Waals surface area contributed by atoms with Gasteiger partial charge in [0.2, 0.25) is 5.91 Å². The summed E-state index contributed by atoms with van der Waals surface area (Å²) in [5, 5.41) is 9.29. The van der Waals surface area contributed by atoms with E-state index in [0.717, 1.165) is 12.8 Å². The first-order chi connectivity index (χ1) is 8.00. The Balaban J connectivity index is 2.01. The molecular formula is C13H21NO3. The Hall–Kier alpha value is -1.06. The van der Waals surface area contributed by atoms with Crippen molar-refractivity contribution in [1.82, 2.24) is 4.90 Å². The molecule has 2 atom stereocenters. The van der Waals surface area contributed by atoms with E-state index >= 15 is 0 Å². The quantitative estimate of drug-likeness (QED) is 0.813. The van der Waals surface area contributed by atoms with E-state index in [2.05, 4.69) is 0 Å². The zero-order valence-corrected chi connectivity index (χ0v) is 10.6. The second-order valence-electron chi connectivity index (χ2n) is 5.57. The van der Waals surface area contributed by atoms with Gasteiger partial charge in [-0.3, -0.25) is 9.59 Å². The minimum absolute atomic E-state index is 0.0800. The number of rotatable bonds is 4. The van der Waals surface area contributed by atoms with Gasteiger partial charge in [0, 0.05) is 19.0 Å². The maximum Gasteiger partial charge on any atom is 0.311 e. The Bertz CT molecular complexity index is 338. The fraction of sp³-hybridized carbons (Fsp3) is 0.846. The van der Waals surface area contributed by atoms with Crippen LogP contribution in [0.5, 0.6) is 0 Å². The van der Waals surface area contributed by atoms with Crippen LogP contribution in [0.1, 0.15) is 39.5 Å². The van der Waals surface area contributed by atoms with Gasteiger partial charge in [-0.1, -0.05) is 13.8 Å². The summed E-state index contributed by atoms with van der Waals surface area (Å²) in [6.45, 7) is 4.88. The summed E-state index contributed by atoms with van der Waals surface area (Å²) in [6.07, 6.45) is 3.50. The average molecular weight is 239 g/mol. The van der Waals surface area contributed by atoms with Crippen molar-refractivity contribution in [2.24, 2.45) is 17.3 Å². The normalized spacial score (nSPS) is 30.4. The minimum Gasteiger partial charge on any atom is -0.481 e. The lowest BCUT2D eigenvalue weighted by Crippen LogP contribution is -2.39. The molecule has 2 aliphatic rings. The molecule has 4 nitrogen and oxygen atoms in total. The van der Waals surface area contributed by atoms with Gasteiger partial charge < -0.3 is 10.0 Å². The van der Waals surface area contributed by atoms with Gasteiger partial charge in [0.05, 0.1) is 5.41 Å². The number of carboxylic acids is 1. The van der Waals surface area contributed by atoms with Crippen molar-refractivity contribution in [2.75, 3.05) is 13.1 Å². The van der Waals surface area contributed by atoms with Crippen molar-refractivity contribution in [1.29, 1.82) is 0 Å². The van der Waals surface area contributed by atoms with Crippen molar-refractivity contribution in [3.8, 4) is 0 Å². The molecule has 1 amide bonds. The third-order valence-corrected chi connectivity index (χ3v) is 4.51. The molecule has 1 aliphatic carbocycles. The van der Waals surface area contributed by atoms with Crippen molar-refractivity contribution < 1.29 is 14.7 Å². The van der Waals surface area contributed by atoms with Crippen LogP contribution in [0.4, 0.5) is 0 Å². The number of aliphatic carboxylic acids is 1. The molecule has 2 fully saturated rings. The molecule has 17 heavy (non-hydrogen) atoms. The highest BCUT2D eigenvalue weighted by Crippen LogP contribution is 2.40. The summed E-state index contributed by atoms with van der Waals surface area (Å²) in [6, 6.07) is 0. The van der Waals surface area contributed by atoms with Crippen LogP contribution in [0.3, 0.4) is 0 Å². The number of hydrogen-bond donors (Lipinski definition) is 1. The molecule has 1 aliphatic heterocycles. The predicted molar refractivity (Wildman–Crippen MR) is 63.4 cm³/mol. The van der Waals surface area contributed by atoms with E-state index in [4.69, 9.17) is 0 Å². The molecule has 1 saturated heterocycles. The molecule has 0 bridgehead atoms. The Morgan fingerprint density at radius 3 is 2.53 bits per heavy atom. The lowest BCUT2D eigenvalue weighted by Gasteiger charge is -2.24. The molecule has 96 valence electrons. The second kappa shape index (κ2) is 4.31. The van der Waals surface area contributed by atoms with Crippen molar-refractivity contribution >= 4 is 11.9 Å². The molecule has 2 rings (SSSR count). The Morgan fingerprint density at radius 1 is 1.47 bits per heavy atom. The monoisotopic (exact) mass is 239 g/mol. The topological polar surface area (TPSA) is 57.6 Å². The van der Waals surface area contributed by atoms with Gasteiger partial charge in [0.25, 0.3) is 0 Å². The molecule has 4 heteroatoms. The molecule has 1 saturated carbocycles. The zero-order chi connectivity index (χ0) is 12.6. The predicted octanol–water partition coefficient (Wildman–Crippen LogP) is 1.75. The standard InChI is InChI=1S/C13H21NO3/c1-3-13(12(16)17)6-7-14(8-13)11(15)9(2)10-4-5-10/h9-10H,3-8H2,1-2H3,(H,16,17). The van der Waals surface area contributed by atoms with Gasteiger partial charge in [-0.2, -0.15) is 0 Å². The number of nitrogens with zero attached hydrogens (tertiary/aromatic N) is 1. The number of carboxylic acid groups (broad SMARTS) is 1. The maximum absolute atomic E-state index is 12.2. The highest BCUT2D eigenvalue weighted by Gasteiger charge is 2.46. The highest BCUT2D eigenvalue weighted by atomic mass is 16.4. The van der Waals surface area contributed by atoms with Gasteiger partial charge in [0.15, 0.2) is 0 Å². The lowest BCUT2D eigenvalue weighted by atomic mass is 9.84. The van der Waals surface area contributed by atoms with Crippen LogP contribution in [-0.4, -0.2) is 35.0 Å². The second-order valence-corrected chi connectivity index (χ2v) is 5.57. The van der Waals surface area contributed by atoms with Crippen LogP contribution in [0.2, 0.25) is 0 Å². The molecule has 1 heterocycles. The fourth-order valence-electron chi connectivity index (χ4n) is 2.76. The third kappa shape index (κ3) is 2.17. The SMILES string of the molecule is CCC1(C(=O)O)CCN(C(=O)C(C)C2CC2)C1. The van der Waals surface area contributed by atoms with Crippen LogP contribution in [0.25, 0.3) is 0 Å². The fourth-order valence-corrected chi connectivity index (χ4v) is 2.76. The van der Waals surface area contributed by atoms with E-state index in [1.165, 1.54) is 0 Å². The summed E-state index contributed by atoms with van der Waals surface area (Å²) in [7, 11) is 0. The van der Waals surface area contributed by atoms with Gasteiger partial charge in [0.1, 0.15) is 0 Å². The Morgan fingerprint density at radius 2 is 2.12 bits per heavy atom. The molecule has 0 aromatic carbocycles. The van der Waals surface area contributed by atoms with Crippen LogP contribution >= 0.6 is 0 Å². The smallest absolute Gasteiger partial charge is 0.311 e. The van der Waals surface area contributed by atoms with Crippen molar-refractivity contribution in [3.63, 3.8) is 0 Å². The van der Waals surface area contributed by atoms with Crippen LogP contribution in [-0.2, 0) is 9.59 Å². The number of amides is 1. The third-order valence-electron chi connectivity index (χ3n) is 4.51. The minimum atomic E-state index is -0.755. The number of hydrogen-bond acceptors (Lipinski definition) is 2. The molecule has 2 unspecified atom stereocenters. The molecule has 0 aromatic rings. The molecule has 0 aromatic heterocycles. The zero-order valence-electron chi connectivity index (χ0n) is 10.6. The molecule has 0 radical (unpaired) electrons. The van der Waals surface area contributed by atoms with E-state index in [-0.39, 0.29) is 11.8 Å². The van der Waals surface area contributed by atoms with E-state index in [0.29, 0.717) is 31.8 Å². The van der Waals surface area contributed by atoms with E-state index < -0.39 is 11.4 Å². The van der Waals surface area contributed by atoms with Crippen LogP contribution in [0, 0.1) is 17.3 Å². The van der Waals surface area contributed by atoms with Crippen LogP contribution in [0.15, 0.2) is 0 Å². The summed E-state index contributed by atoms with van der Waals surface area (Å²) in [5.74, 6) is 0.0267. The Kier molecular flexibility index (Phi) is 3.15. The maximum atomic E-state index is 12.2. The first-order valence-corrected chi connectivity index (χ1v) is 6.52. The highest BCUT2D eigenvalue weighted by molar-refractivity contribution is 5.82. The first-order valence-electron chi connectivity index (χ1n) is 6.52. The number of carbonyl (C=O) groups excluding carboxylic acids is 1. The largest absolute Gasteiger partial charge is 0.481 e. The first kappa shape index (κ1) is 12.4. The van der Waals surface area contributed by atoms with Crippen molar-refractivity contribution in [2.45, 2.75) is 39.5 Å². The summed E-state index contributed by atoms with van der Waals surface area (Å²) in [5.41, 5.74) is -0.696. The van der Waals surface area contributed by atoms with E-state index in [1.807, 2.05) is 13.8 Å². The molecule has 1 N–H and O–H groups in total. The van der Waals surface area contributed by atoms with E-state index in [9.17, 15) is 14.7 Å². The van der Waals surface area contributed by atoms with Gasteiger partial charge in [-0.05, 0) is 31.6 Å². The Labute approximate surface area is 102 Å². The summed E-state index contributed by atoms with van der Waals surface area (Å²) >= 11 is 0. The molecular weight excluding hydrogens is 218 g/mol. The average Bonchev–Trinajstić information content (AvgIpc) is 3.06. The summed E-state index contributed by atoms with van der Waals surface area (Å²) < 4.78 is 0. The van der Waals surface area contributed by atoms with Crippen LogP contribution < -0.4 is 0 Å². The van der Waals surface area contributed by atoms with E-state index in [1.54, 1.807) is 4.90 Å². The lowest BCUT2D eigenvalue weighted by molar-refractivity contribution is -0.149. The van der Waals surface area contributed by atoms with Gasteiger partial charge in [-0.15, -0.1) is 0 Å². The number of carbonyl (C=O) groups is 2. The number of likely N-dealkylation sites (tertiary alicyclic amines) is 1. The van der Waals surface area contributed by atoms with Crippen molar-refractivity contribution in [3.05, 3.63) is 0 Å². The summed E-state index contributed by atoms with van der Waals surface area (Å²) in [4.78, 5) is 25.3. The van der Waals surface area contributed by atoms with Gasteiger partial charge in [-0.25, -0.2) is 0 Å².